The highest BCUT2D eigenvalue weighted by molar-refractivity contribution is 7.98. The molecule has 0 radical (unpaired) electrons. The summed E-state index contributed by atoms with van der Waals surface area (Å²) in [7, 11) is 1.63. The van der Waals surface area contributed by atoms with Crippen LogP contribution in [0.2, 0.25) is 0 Å². The van der Waals surface area contributed by atoms with E-state index in [-0.39, 0.29) is 12.5 Å². The van der Waals surface area contributed by atoms with E-state index in [1.807, 2.05) is 42.0 Å². The van der Waals surface area contributed by atoms with Crippen molar-refractivity contribution in [3.8, 4) is 11.4 Å². The summed E-state index contributed by atoms with van der Waals surface area (Å²) in [5.41, 5.74) is 1.33. The Morgan fingerprint density at radius 1 is 1.32 bits per heavy atom. The summed E-state index contributed by atoms with van der Waals surface area (Å²) < 4.78 is 7.11. The molecule has 3 rings (SSSR count). The molecular weight excluding hydrogens is 358 g/mol. The summed E-state index contributed by atoms with van der Waals surface area (Å²) in [4.78, 5) is 16.4. The highest BCUT2D eigenvalue weighted by Crippen LogP contribution is 2.22. The van der Waals surface area contributed by atoms with Gasteiger partial charge in [-0.15, -0.1) is 21.5 Å². The summed E-state index contributed by atoms with van der Waals surface area (Å²) in [6, 6.07) is 7.60. The van der Waals surface area contributed by atoms with Crippen molar-refractivity contribution in [2.75, 3.05) is 13.4 Å². The lowest BCUT2D eigenvalue weighted by Gasteiger charge is -2.10. The largest absolute Gasteiger partial charge is 0.497 e. The third-order valence-electron chi connectivity index (χ3n) is 3.47. The van der Waals surface area contributed by atoms with Gasteiger partial charge in [-0.1, -0.05) is 11.8 Å². The first-order chi connectivity index (χ1) is 12.1. The van der Waals surface area contributed by atoms with Crippen LogP contribution in [0.5, 0.6) is 5.75 Å². The Kier molecular flexibility index (Phi) is 5.34. The Balaban J connectivity index is 1.81. The molecule has 25 heavy (non-hydrogen) atoms. The van der Waals surface area contributed by atoms with Crippen molar-refractivity contribution < 1.29 is 9.53 Å². The van der Waals surface area contributed by atoms with Crippen LogP contribution in [-0.2, 0) is 6.54 Å². The zero-order chi connectivity index (χ0) is 17.8. The van der Waals surface area contributed by atoms with E-state index < -0.39 is 0 Å². The van der Waals surface area contributed by atoms with E-state index in [9.17, 15) is 4.79 Å². The molecule has 7 nitrogen and oxygen atoms in total. The molecule has 1 aromatic carbocycles. The minimum absolute atomic E-state index is 0.223. The highest BCUT2D eigenvalue weighted by atomic mass is 32.2. The van der Waals surface area contributed by atoms with E-state index in [0.717, 1.165) is 21.6 Å². The average Bonchev–Trinajstić information content (AvgIpc) is 3.25. The first-order valence-corrected chi connectivity index (χ1v) is 9.56. The molecule has 0 unspecified atom stereocenters. The molecule has 2 heterocycles. The van der Waals surface area contributed by atoms with Gasteiger partial charge in [0.05, 0.1) is 18.7 Å². The number of ether oxygens (including phenoxy) is 1. The second-order valence-corrected chi connectivity index (χ2v) is 6.91. The van der Waals surface area contributed by atoms with Crippen molar-refractivity contribution in [3.63, 3.8) is 0 Å². The Hall–Kier alpha value is -2.39. The quantitative estimate of drug-likeness (QED) is 0.667. The molecule has 0 fully saturated rings. The second kappa shape index (κ2) is 7.66. The van der Waals surface area contributed by atoms with Crippen LogP contribution in [0, 0.1) is 6.92 Å². The van der Waals surface area contributed by atoms with Gasteiger partial charge in [-0.05, 0) is 37.4 Å². The van der Waals surface area contributed by atoms with Crippen molar-refractivity contribution in [2.24, 2.45) is 0 Å². The topological polar surface area (TPSA) is 81.9 Å². The van der Waals surface area contributed by atoms with Crippen LogP contribution in [0.15, 0.2) is 34.8 Å². The number of aromatic nitrogens is 4. The van der Waals surface area contributed by atoms with E-state index in [1.165, 1.54) is 23.1 Å². The fourth-order valence-corrected chi connectivity index (χ4v) is 3.36. The molecule has 0 spiro atoms. The highest BCUT2D eigenvalue weighted by Gasteiger charge is 2.15. The lowest BCUT2D eigenvalue weighted by Crippen LogP contribution is -2.25. The van der Waals surface area contributed by atoms with Gasteiger partial charge < -0.3 is 10.1 Å². The van der Waals surface area contributed by atoms with Gasteiger partial charge in [0.25, 0.3) is 5.91 Å². The van der Waals surface area contributed by atoms with Crippen LogP contribution in [0.25, 0.3) is 5.69 Å². The summed E-state index contributed by atoms with van der Waals surface area (Å²) in [6.45, 7) is 2.13. The van der Waals surface area contributed by atoms with Crippen molar-refractivity contribution in [2.45, 2.75) is 18.6 Å². The maximum absolute atomic E-state index is 12.2. The molecule has 3 aromatic rings. The number of hydrogen-bond donors (Lipinski definition) is 1. The predicted molar refractivity (Wildman–Crippen MR) is 97.7 cm³/mol. The van der Waals surface area contributed by atoms with E-state index >= 15 is 0 Å². The second-order valence-electron chi connectivity index (χ2n) is 5.07. The molecule has 0 aliphatic carbocycles. The molecular formula is C16H17N5O2S2. The first-order valence-electron chi connectivity index (χ1n) is 7.45. The predicted octanol–water partition coefficient (Wildman–Crippen LogP) is 2.69. The molecule has 0 aliphatic heterocycles. The monoisotopic (exact) mass is 375 g/mol. The fourth-order valence-electron chi connectivity index (χ4n) is 2.26. The normalized spacial score (nSPS) is 10.7. The maximum atomic E-state index is 12.2. The zero-order valence-electron chi connectivity index (χ0n) is 14.0. The Morgan fingerprint density at radius 3 is 2.68 bits per heavy atom. The van der Waals surface area contributed by atoms with Gasteiger partial charge in [0, 0.05) is 11.1 Å². The minimum atomic E-state index is -0.223. The van der Waals surface area contributed by atoms with E-state index in [4.69, 9.17) is 4.74 Å². The smallest absolute Gasteiger partial charge is 0.271 e. The first kappa shape index (κ1) is 17.4. The number of hydrogen-bond acceptors (Lipinski definition) is 7. The molecule has 0 bridgehead atoms. The average molecular weight is 375 g/mol. The number of thioether (sulfide) groups is 1. The SMILES string of the molecule is COc1ccc(-n2c(CNC(=O)c3csc(C)n3)nnc2SC)cc1. The molecule has 1 amide bonds. The zero-order valence-corrected chi connectivity index (χ0v) is 15.6. The molecule has 0 aliphatic rings. The van der Waals surface area contributed by atoms with Gasteiger partial charge in [0.1, 0.15) is 11.4 Å². The lowest BCUT2D eigenvalue weighted by molar-refractivity contribution is 0.0945. The molecule has 9 heteroatoms. The third kappa shape index (κ3) is 3.83. The third-order valence-corrected chi connectivity index (χ3v) is 4.88. The van der Waals surface area contributed by atoms with Crippen LogP contribution >= 0.6 is 23.1 Å². The summed E-state index contributed by atoms with van der Waals surface area (Å²) in [5, 5.41) is 14.6. The number of benzene rings is 1. The molecule has 1 N–H and O–H groups in total. The van der Waals surface area contributed by atoms with Crippen molar-refractivity contribution in [3.05, 3.63) is 46.2 Å². The number of amides is 1. The fraction of sp³-hybridized carbons (Fsp3) is 0.250. The summed E-state index contributed by atoms with van der Waals surface area (Å²) in [5.74, 6) is 1.20. The number of carbonyl (C=O) groups excluding carboxylic acids is 1. The minimum Gasteiger partial charge on any atom is -0.497 e. The van der Waals surface area contributed by atoms with Gasteiger partial charge in [-0.2, -0.15) is 0 Å². The molecule has 0 saturated carbocycles. The number of nitrogens with zero attached hydrogens (tertiary/aromatic N) is 4. The number of carbonyl (C=O) groups is 1. The lowest BCUT2D eigenvalue weighted by atomic mass is 10.3. The van der Waals surface area contributed by atoms with Crippen LogP contribution in [0.3, 0.4) is 0 Å². The van der Waals surface area contributed by atoms with Crippen LogP contribution in [-0.4, -0.2) is 39.0 Å². The van der Waals surface area contributed by atoms with Gasteiger partial charge in [0.15, 0.2) is 11.0 Å². The van der Waals surface area contributed by atoms with Gasteiger partial charge in [-0.25, -0.2) is 4.98 Å². The number of aryl methyl sites for hydroxylation is 1. The molecule has 0 saturated heterocycles. The standard InChI is InChI=1S/C16H17N5O2S2/c1-10-18-13(9-25-10)15(22)17-8-14-19-20-16(24-3)21(14)11-4-6-12(23-2)7-5-11/h4-7,9H,8H2,1-3H3,(H,17,22). The number of rotatable bonds is 6. The van der Waals surface area contributed by atoms with Crippen molar-refractivity contribution in [1.82, 2.24) is 25.1 Å². The van der Waals surface area contributed by atoms with Crippen LogP contribution in [0.4, 0.5) is 0 Å². The van der Waals surface area contributed by atoms with E-state index in [2.05, 4.69) is 20.5 Å². The maximum Gasteiger partial charge on any atom is 0.271 e. The Labute approximate surface area is 153 Å². The van der Waals surface area contributed by atoms with Crippen LogP contribution < -0.4 is 10.1 Å². The van der Waals surface area contributed by atoms with E-state index in [1.54, 1.807) is 12.5 Å². The van der Waals surface area contributed by atoms with E-state index in [0.29, 0.717) is 11.5 Å². The number of methoxy groups -OCH3 is 1. The molecule has 2 aromatic heterocycles. The summed E-state index contributed by atoms with van der Waals surface area (Å²) >= 11 is 2.94. The van der Waals surface area contributed by atoms with Crippen molar-refractivity contribution >= 4 is 29.0 Å². The van der Waals surface area contributed by atoms with Gasteiger partial charge >= 0.3 is 0 Å². The number of nitrogens with one attached hydrogen (secondary N) is 1. The molecule has 0 atom stereocenters. The van der Waals surface area contributed by atoms with Gasteiger partial charge in [-0.3, -0.25) is 9.36 Å². The Morgan fingerprint density at radius 2 is 2.08 bits per heavy atom. The Bertz CT molecular complexity index is 873. The van der Waals surface area contributed by atoms with Crippen molar-refractivity contribution in [1.29, 1.82) is 0 Å². The summed E-state index contributed by atoms with van der Waals surface area (Å²) in [6.07, 6.45) is 1.93. The van der Waals surface area contributed by atoms with Gasteiger partial charge in [0.2, 0.25) is 0 Å². The molecule has 130 valence electrons. The van der Waals surface area contributed by atoms with Crippen LogP contribution in [0.1, 0.15) is 21.3 Å². The number of thiazole rings is 1.